The second-order valence-corrected chi connectivity index (χ2v) is 5.36. The number of hydroxylamine groups is 1. The lowest BCUT2D eigenvalue weighted by Gasteiger charge is -2.17. The summed E-state index contributed by atoms with van der Waals surface area (Å²) >= 11 is 12.6. The monoisotopic (exact) mass is 274 g/mol. The van der Waals surface area contributed by atoms with E-state index in [1.807, 2.05) is 31.2 Å². The number of hydrogen-bond acceptors (Lipinski definition) is 3. The van der Waals surface area contributed by atoms with E-state index < -0.39 is 4.87 Å². The minimum atomic E-state index is -0.524. The van der Waals surface area contributed by atoms with Gasteiger partial charge in [0.1, 0.15) is 11.0 Å². The number of nitrogens with zero attached hydrogens (tertiary/aromatic N) is 1. The van der Waals surface area contributed by atoms with Gasteiger partial charge in [-0.15, -0.1) is 16.8 Å². The molecule has 1 saturated carbocycles. The first-order valence-corrected chi connectivity index (χ1v) is 6.46. The molecule has 1 aromatic carbocycles. The normalized spacial score (nSPS) is 27.5. The Kier molecular flexibility index (Phi) is 3.95. The molecular formula is C12H16Cl2N2O. The molecule has 1 aromatic rings. The molecule has 0 aliphatic heterocycles. The van der Waals surface area contributed by atoms with Crippen LogP contribution in [-0.4, -0.2) is 17.8 Å². The van der Waals surface area contributed by atoms with Crippen molar-refractivity contribution in [3.05, 3.63) is 34.9 Å². The Morgan fingerprint density at radius 1 is 1.53 bits per heavy atom. The molecule has 0 saturated heterocycles. The van der Waals surface area contributed by atoms with Gasteiger partial charge < -0.3 is 0 Å². The summed E-state index contributed by atoms with van der Waals surface area (Å²) in [5.74, 6) is 5.68. The van der Waals surface area contributed by atoms with Crippen LogP contribution < -0.4 is 5.84 Å². The number of nitrogens with two attached hydrogens (primary N) is 1. The summed E-state index contributed by atoms with van der Waals surface area (Å²) in [5, 5.41) is 2.03. The Hall–Kier alpha value is -0.320. The average Bonchev–Trinajstić information content (AvgIpc) is 2.91. The molecule has 3 nitrogen and oxygen atoms in total. The molecule has 2 atom stereocenters. The Morgan fingerprint density at radius 2 is 2.24 bits per heavy atom. The van der Waals surface area contributed by atoms with E-state index in [1.54, 1.807) is 0 Å². The molecule has 0 bridgehead atoms. The van der Waals surface area contributed by atoms with Crippen LogP contribution in [-0.2, 0) is 9.71 Å². The first kappa shape index (κ1) is 13.1. The number of halogens is 2. The minimum absolute atomic E-state index is 0.0967. The molecule has 5 heteroatoms. The Labute approximate surface area is 111 Å². The molecule has 17 heavy (non-hydrogen) atoms. The summed E-state index contributed by atoms with van der Waals surface area (Å²) in [6, 6.07) is 7.58. The van der Waals surface area contributed by atoms with Crippen LogP contribution in [0.25, 0.3) is 0 Å². The largest absolute Gasteiger partial charge is 0.279 e. The summed E-state index contributed by atoms with van der Waals surface area (Å²) < 4.78 is 0. The van der Waals surface area contributed by atoms with Gasteiger partial charge in [0, 0.05) is 18.0 Å². The van der Waals surface area contributed by atoms with Crippen molar-refractivity contribution in [2.24, 2.45) is 5.84 Å². The molecule has 0 spiro atoms. The third-order valence-electron chi connectivity index (χ3n) is 2.86. The van der Waals surface area contributed by atoms with E-state index in [2.05, 4.69) is 0 Å². The average molecular weight is 275 g/mol. The summed E-state index contributed by atoms with van der Waals surface area (Å²) in [6.45, 7) is 2.73. The van der Waals surface area contributed by atoms with Crippen LogP contribution in [0.15, 0.2) is 24.3 Å². The van der Waals surface area contributed by atoms with Gasteiger partial charge in [0.2, 0.25) is 0 Å². The van der Waals surface area contributed by atoms with Crippen molar-refractivity contribution in [1.29, 1.82) is 0 Å². The summed E-state index contributed by atoms with van der Waals surface area (Å²) in [7, 11) is 0. The zero-order valence-electron chi connectivity index (χ0n) is 9.70. The first-order valence-electron chi connectivity index (χ1n) is 5.71. The van der Waals surface area contributed by atoms with Gasteiger partial charge in [0.15, 0.2) is 0 Å². The fraction of sp³-hybridized carbons (Fsp3) is 0.500. The molecular weight excluding hydrogens is 259 g/mol. The second kappa shape index (κ2) is 5.12. The predicted molar refractivity (Wildman–Crippen MR) is 69.7 cm³/mol. The molecule has 2 unspecified atom stereocenters. The Bertz CT molecular complexity index is 402. The molecule has 0 amide bonds. The number of hydrogen-bond donors (Lipinski definition) is 1. The molecule has 0 aromatic heterocycles. The molecule has 94 valence electrons. The fourth-order valence-corrected chi connectivity index (χ4v) is 2.55. The van der Waals surface area contributed by atoms with E-state index >= 15 is 0 Å². The van der Waals surface area contributed by atoms with Gasteiger partial charge >= 0.3 is 0 Å². The number of alkyl halides is 1. The van der Waals surface area contributed by atoms with Crippen LogP contribution in [0.2, 0.25) is 5.02 Å². The topological polar surface area (TPSA) is 38.5 Å². The maximum atomic E-state index is 6.49. The number of benzene rings is 1. The fourth-order valence-electron chi connectivity index (χ4n) is 1.85. The molecule has 0 heterocycles. The van der Waals surface area contributed by atoms with Gasteiger partial charge in [0.05, 0.1) is 0 Å². The van der Waals surface area contributed by atoms with Crippen molar-refractivity contribution in [2.75, 3.05) is 6.54 Å². The van der Waals surface area contributed by atoms with Crippen LogP contribution in [0, 0.1) is 0 Å². The van der Waals surface area contributed by atoms with Crippen LogP contribution in [0.1, 0.15) is 25.3 Å². The zero-order chi connectivity index (χ0) is 12.5. The lowest BCUT2D eigenvalue weighted by molar-refractivity contribution is -0.175. The smallest absolute Gasteiger partial charge is 0.106 e. The molecule has 0 radical (unpaired) electrons. The summed E-state index contributed by atoms with van der Waals surface area (Å²) in [6.07, 6.45) is 1.57. The standard InChI is InChI=1S/C12H16Cl2N2O/c1-2-7-16(15)17-11-8-12(11,14)9-5-3-4-6-10(9)13/h3-6,11H,2,7-8,15H2,1H3. The lowest BCUT2D eigenvalue weighted by atomic mass is 10.1. The Balaban J connectivity index is 2.02. The van der Waals surface area contributed by atoms with Crippen molar-refractivity contribution >= 4 is 23.2 Å². The Morgan fingerprint density at radius 3 is 2.88 bits per heavy atom. The van der Waals surface area contributed by atoms with E-state index in [4.69, 9.17) is 33.9 Å². The molecule has 1 aliphatic rings. The second-order valence-electron chi connectivity index (χ2n) is 4.28. The summed E-state index contributed by atoms with van der Waals surface area (Å²) in [4.78, 5) is 5.02. The van der Waals surface area contributed by atoms with Crippen molar-refractivity contribution in [3.63, 3.8) is 0 Å². The highest BCUT2D eigenvalue weighted by molar-refractivity contribution is 6.34. The third kappa shape index (κ3) is 2.75. The van der Waals surface area contributed by atoms with Gasteiger partial charge in [-0.2, -0.15) is 0 Å². The predicted octanol–water partition coefficient (Wildman–Crippen LogP) is 3.06. The zero-order valence-corrected chi connectivity index (χ0v) is 11.2. The maximum absolute atomic E-state index is 6.49. The molecule has 1 aliphatic carbocycles. The van der Waals surface area contributed by atoms with E-state index in [-0.39, 0.29) is 6.10 Å². The van der Waals surface area contributed by atoms with Crippen molar-refractivity contribution in [1.82, 2.24) is 5.17 Å². The molecule has 1 fully saturated rings. The number of hydrazine groups is 1. The van der Waals surface area contributed by atoms with E-state index in [9.17, 15) is 0 Å². The van der Waals surface area contributed by atoms with Crippen molar-refractivity contribution in [3.8, 4) is 0 Å². The highest BCUT2D eigenvalue weighted by atomic mass is 35.5. The third-order valence-corrected chi connectivity index (χ3v) is 3.79. The number of rotatable bonds is 5. The summed E-state index contributed by atoms with van der Waals surface area (Å²) in [5.41, 5.74) is 0.915. The van der Waals surface area contributed by atoms with Gasteiger partial charge in [-0.1, -0.05) is 36.7 Å². The quantitative estimate of drug-likeness (QED) is 0.510. The highest BCUT2D eigenvalue weighted by Crippen LogP contribution is 2.55. The molecule has 2 rings (SSSR count). The van der Waals surface area contributed by atoms with E-state index in [1.165, 1.54) is 5.17 Å². The van der Waals surface area contributed by atoms with Gasteiger partial charge in [-0.25, -0.2) is 5.84 Å². The van der Waals surface area contributed by atoms with Crippen molar-refractivity contribution < 1.29 is 4.84 Å². The maximum Gasteiger partial charge on any atom is 0.106 e. The van der Waals surface area contributed by atoms with Crippen LogP contribution in [0.3, 0.4) is 0 Å². The van der Waals surface area contributed by atoms with Gasteiger partial charge in [0.25, 0.3) is 0 Å². The van der Waals surface area contributed by atoms with E-state index in [0.717, 1.165) is 18.4 Å². The van der Waals surface area contributed by atoms with Gasteiger partial charge in [-0.3, -0.25) is 4.84 Å². The van der Waals surface area contributed by atoms with Crippen LogP contribution in [0.4, 0.5) is 0 Å². The molecule has 2 N–H and O–H groups in total. The minimum Gasteiger partial charge on any atom is -0.279 e. The van der Waals surface area contributed by atoms with Gasteiger partial charge in [-0.05, 0) is 18.1 Å². The first-order chi connectivity index (χ1) is 8.08. The van der Waals surface area contributed by atoms with E-state index in [0.29, 0.717) is 11.6 Å². The SMILES string of the molecule is CCCN(N)OC1CC1(Cl)c1ccccc1Cl. The highest BCUT2D eigenvalue weighted by Gasteiger charge is 2.57. The lowest BCUT2D eigenvalue weighted by Crippen LogP contribution is -2.34. The van der Waals surface area contributed by atoms with Crippen LogP contribution in [0.5, 0.6) is 0 Å². The van der Waals surface area contributed by atoms with Crippen molar-refractivity contribution in [2.45, 2.75) is 30.7 Å². The van der Waals surface area contributed by atoms with Crippen LogP contribution >= 0.6 is 23.2 Å².